The number of rotatable bonds is 5. The molecule has 0 fully saturated rings. The fourth-order valence-electron chi connectivity index (χ4n) is 2.45. The number of hydrogen-bond acceptors (Lipinski definition) is 4. The van der Waals surface area contributed by atoms with Crippen molar-refractivity contribution in [1.29, 1.82) is 0 Å². The summed E-state index contributed by atoms with van der Waals surface area (Å²) >= 11 is 14.1. The van der Waals surface area contributed by atoms with Crippen molar-refractivity contribution in [2.24, 2.45) is 0 Å². The van der Waals surface area contributed by atoms with Crippen molar-refractivity contribution in [2.75, 3.05) is 11.6 Å². The highest BCUT2D eigenvalue weighted by Crippen LogP contribution is 2.31. The number of thiazole rings is 1. The van der Waals surface area contributed by atoms with Crippen LogP contribution in [0.2, 0.25) is 10.0 Å². The van der Waals surface area contributed by atoms with Crippen LogP contribution in [-0.4, -0.2) is 21.4 Å². The first-order valence-electron chi connectivity index (χ1n) is 8.07. The molecule has 1 N–H and O–H groups in total. The lowest BCUT2D eigenvalue weighted by atomic mass is 10.1. The quantitative estimate of drug-likeness (QED) is 0.557. The third-order valence-corrected chi connectivity index (χ3v) is 6.41. The van der Waals surface area contributed by atoms with Crippen LogP contribution >= 0.6 is 34.5 Å². The van der Waals surface area contributed by atoms with E-state index >= 15 is 0 Å². The van der Waals surface area contributed by atoms with Crippen molar-refractivity contribution < 1.29 is 9.00 Å². The van der Waals surface area contributed by atoms with Gasteiger partial charge in [0, 0.05) is 38.6 Å². The van der Waals surface area contributed by atoms with E-state index in [1.165, 1.54) is 6.07 Å². The maximum atomic E-state index is 12.5. The number of hydrogen-bond donors (Lipinski definition) is 1. The summed E-state index contributed by atoms with van der Waals surface area (Å²) in [5.74, 6) is -0.362. The number of aromatic nitrogens is 1. The first-order chi connectivity index (χ1) is 12.9. The van der Waals surface area contributed by atoms with Gasteiger partial charge in [-0.2, -0.15) is 0 Å². The Morgan fingerprint density at radius 2 is 1.96 bits per heavy atom. The van der Waals surface area contributed by atoms with Gasteiger partial charge in [0.2, 0.25) is 0 Å². The van der Waals surface area contributed by atoms with Gasteiger partial charge in [-0.25, -0.2) is 4.98 Å². The van der Waals surface area contributed by atoms with Crippen LogP contribution in [0.5, 0.6) is 0 Å². The van der Waals surface area contributed by atoms with Crippen LogP contribution in [0.25, 0.3) is 11.3 Å². The van der Waals surface area contributed by atoms with Crippen molar-refractivity contribution in [3.05, 3.63) is 62.4 Å². The average molecular weight is 439 g/mol. The number of aryl methyl sites for hydroxylation is 1. The predicted molar refractivity (Wildman–Crippen MR) is 114 cm³/mol. The number of nitrogens with zero attached hydrogens (tertiary/aromatic N) is 1. The van der Waals surface area contributed by atoms with Crippen molar-refractivity contribution in [3.8, 4) is 11.3 Å². The van der Waals surface area contributed by atoms with Crippen molar-refractivity contribution >= 4 is 56.9 Å². The minimum atomic E-state index is -1.16. The Balaban J connectivity index is 1.80. The molecule has 140 valence electrons. The minimum absolute atomic E-state index is 0.248. The molecule has 2 aromatic carbocycles. The van der Waals surface area contributed by atoms with Crippen LogP contribution in [0.3, 0.4) is 0 Å². The summed E-state index contributed by atoms with van der Waals surface area (Å²) in [5, 5.41) is 6.55. The zero-order valence-corrected chi connectivity index (χ0v) is 17.7. The van der Waals surface area contributed by atoms with Crippen LogP contribution in [0.4, 0.5) is 5.69 Å². The number of carbonyl (C=O) groups excluding carboxylic acids is 1. The number of benzene rings is 2. The van der Waals surface area contributed by atoms with E-state index < -0.39 is 10.8 Å². The Kier molecular flexibility index (Phi) is 6.32. The Hall–Kier alpha value is -1.73. The molecule has 4 nitrogen and oxygen atoms in total. The minimum Gasteiger partial charge on any atom is -0.322 e. The van der Waals surface area contributed by atoms with E-state index in [-0.39, 0.29) is 10.9 Å². The van der Waals surface area contributed by atoms with Gasteiger partial charge in [0.1, 0.15) is 0 Å². The number of halogens is 2. The molecule has 27 heavy (non-hydrogen) atoms. The summed E-state index contributed by atoms with van der Waals surface area (Å²) < 4.78 is 11.5. The molecule has 0 saturated carbocycles. The molecule has 0 aliphatic carbocycles. The van der Waals surface area contributed by atoms with E-state index in [1.807, 2.05) is 11.4 Å². The molecule has 0 spiro atoms. The van der Waals surface area contributed by atoms with Crippen LogP contribution < -0.4 is 5.32 Å². The van der Waals surface area contributed by atoms with Gasteiger partial charge in [-0.1, -0.05) is 30.1 Å². The second-order valence-electron chi connectivity index (χ2n) is 5.72. The fourth-order valence-corrected chi connectivity index (χ4v) is 4.35. The topological polar surface area (TPSA) is 59.1 Å². The lowest BCUT2D eigenvalue weighted by molar-refractivity contribution is 0.102. The van der Waals surface area contributed by atoms with Gasteiger partial charge in [-0.05, 0) is 42.8 Å². The van der Waals surface area contributed by atoms with Gasteiger partial charge < -0.3 is 5.32 Å². The third-order valence-electron chi connectivity index (χ3n) is 3.87. The highest BCUT2D eigenvalue weighted by atomic mass is 35.5. The van der Waals surface area contributed by atoms with Gasteiger partial charge >= 0.3 is 0 Å². The maximum absolute atomic E-state index is 12.5. The molecule has 0 saturated heterocycles. The molecule has 0 bridgehead atoms. The van der Waals surface area contributed by atoms with Crippen LogP contribution in [0.1, 0.15) is 22.3 Å². The van der Waals surface area contributed by atoms with Gasteiger partial charge in [0.25, 0.3) is 5.91 Å². The molecule has 0 aliphatic heterocycles. The number of nitrogens with one attached hydrogen (secondary N) is 1. The molecule has 1 atom stereocenters. The SMILES string of the molecule is CCc1nc(-c2ccc(NC(=O)c3ccc(S(C)=O)cc3Cl)cc2Cl)cs1. The monoisotopic (exact) mass is 438 g/mol. The molecule has 0 aliphatic rings. The zero-order chi connectivity index (χ0) is 19.6. The highest BCUT2D eigenvalue weighted by molar-refractivity contribution is 7.84. The van der Waals surface area contributed by atoms with Crippen molar-refractivity contribution in [2.45, 2.75) is 18.2 Å². The standard InChI is InChI=1S/C19H16Cl2N2O2S2/c1-3-18-23-17(10-26-18)13-6-4-11(8-15(13)20)22-19(24)14-7-5-12(27(2)25)9-16(14)21/h4-10H,3H2,1-2H3,(H,22,24). The van der Waals surface area contributed by atoms with Crippen LogP contribution in [0.15, 0.2) is 46.7 Å². The second kappa shape index (κ2) is 8.52. The Morgan fingerprint density at radius 3 is 2.56 bits per heavy atom. The molecule has 0 radical (unpaired) electrons. The largest absolute Gasteiger partial charge is 0.322 e. The first-order valence-corrected chi connectivity index (χ1v) is 11.3. The second-order valence-corrected chi connectivity index (χ2v) is 8.86. The maximum Gasteiger partial charge on any atom is 0.257 e. The molecule has 3 aromatic rings. The summed E-state index contributed by atoms with van der Waals surface area (Å²) in [4.78, 5) is 17.6. The average Bonchev–Trinajstić information content (AvgIpc) is 3.10. The van der Waals surface area contributed by atoms with E-state index in [1.54, 1.807) is 41.9 Å². The lowest BCUT2D eigenvalue weighted by Crippen LogP contribution is -2.12. The summed E-state index contributed by atoms with van der Waals surface area (Å²) in [5.41, 5.74) is 2.50. The van der Waals surface area contributed by atoms with E-state index in [4.69, 9.17) is 23.2 Å². The number of anilines is 1. The Labute approximate surface area is 174 Å². The fraction of sp³-hybridized carbons (Fsp3) is 0.158. The van der Waals surface area contributed by atoms with Crippen LogP contribution in [0, 0.1) is 0 Å². The first kappa shape index (κ1) is 20.0. The van der Waals surface area contributed by atoms with Gasteiger partial charge in [-0.15, -0.1) is 11.3 Å². The Morgan fingerprint density at radius 1 is 1.19 bits per heavy atom. The molecular weight excluding hydrogens is 423 g/mol. The third kappa shape index (κ3) is 4.58. The zero-order valence-electron chi connectivity index (χ0n) is 14.6. The molecule has 1 heterocycles. The Bertz CT molecular complexity index is 1030. The molecule has 1 unspecified atom stereocenters. The summed E-state index contributed by atoms with van der Waals surface area (Å²) in [6.45, 7) is 2.05. The van der Waals surface area contributed by atoms with E-state index in [9.17, 15) is 9.00 Å². The smallest absolute Gasteiger partial charge is 0.257 e. The molecule has 1 amide bonds. The highest BCUT2D eigenvalue weighted by Gasteiger charge is 2.14. The van der Waals surface area contributed by atoms with E-state index in [0.717, 1.165) is 22.7 Å². The van der Waals surface area contributed by atoms with Gasteiger partial charge in [0.15, 0.2) is 0 Å². The van der Waals surface area contributed by atoms with Crippen LogP contribution in [-0.2, 0) is 17.2 Å². The van der Waals surface area contributed by atoms with Crippen molar-refractivity contribution in [3.63, 3.8) is 0 Å². The summed E-state index contributed by atoms with van der Waals surface area (Å²) in [6.07, 6.45) is 2.43. The lowest BCUT2D eigenvalue weighted by Gasteiger charge is -2.09. The molecule has 8 heteroatoms. The van der Waals surface area contributed by atoms with Crippen molar-refractivity contribution in [1.82, 2.24) is 4.98 Å². The molecule has 3 rings (SSSR count). The summed E-state index contributed by atoms with van der Waals surface area (Å²) in [7, 11) is -1.16. The van der Waals surface area contributed by atoms with Gasteiger partial charge in [0.05, 0.1) is 26.3 Å². The summed E-state index contributed by atoms with van der Waals surface area (Å²) in [6, 6.07) is 10.0. The molecular formula is C19H16Cl2N2O2S2. The normalized spacial score (nSPS) is 12.0. The van der Waals surface area contributed by atoms with E-state index in [2.05, 4.69) is 17.2 Å². The van der Waals surface area contributed by atoms with E-state index in [0.29, 0.717) is 21.2 Å². The predicted octanol–water partition coefficient (Wildman–Crippen LogP) is 5.67. The molecule has 1 aromatic heterocycles. The number of amides is 1. The van der Waals surface area contributed by atoms with Gasteiger partial charge in [-0.3, -0.25) is 9.00 Å². The number of carbonyl (C=O) groups is 1.